The highest BCUT2D eigenvalue weighted by atomic mass is 16.6. The number of aliphatic hydroxyl groups excluding tert-OH is 2. The van der Waals surface area contributed by atoms with Gasteiger partial charge in [0.1, 0.15) is 18.5 Å². The maximum absolute atomic E-state index is 11.2. The lowest BCUT2D eigenvalue weighted by molar-refractivity contribution is -0.149. The van der Waals surface area contributed by atoms with Crippen LogP contribution in [-0.2, 0) is 9.53 Å². The van der Waals surface area contributed by atoms with Gasteiger partial charge in [-0.15, -0.1) is 0 Å². The summed E-state index contributed by atoms with van der Waals surface area (Å²) >= 11 is 0. The normalized spacial score (nSPS) is 11.9. The minimum atomic E-state index is -1.06. The number of rotatable bonds is 6. The zero-order valence-corrected chi connectivity index (χ0v) is 9.20. The van der Waals surface area contributed by atoms with Gasteiger partial charge >= 0.3 is 5.97 Å². The van der Waals surface area contributed by atoms with E-state index in [1.165, 1.54) is 0 Å². The van der Waals surface area contributed by atoms with Crippen LogP contribution < -0.4 is 10.5 Å². The van der Waals surface area contributed by atoms with E-state index in [1.807, 2.05) is 0 Å². The second-order valence-corrected chi connectivity index (χ2v) is 3.38. The van der Waals surface area contributed by atoms with Crippen LogP contribution in [0, 0.1) is 0 Å². The summed E-state index contributed by atoms with van der Waals surface area (Å²) in [5.41, 5.74) is 6.06. The number of esters is 1. The SMILES string of the molecule is Nc1cccc(OCC(=O)OCC(O)CO)c1. The molecule has 0 aliphatic rings. The van der Waals surface area contributed by atoms with Crippen LogP contribution in [0.2, 0.25) is 0 Å². The van der Waals surface area contributed by atoms with Crippen molar-refractivity contribution in [3.8, 4) is 5.75 Å². The van der Waals surface area contributed by atoms with E-state index < -0.39 is 18.7 Å². The van der Waals surface area contributed by atoms with Crippen LogP contribution in [0.1, 0.15) is 0 Å². The van der Waals surface area contributed by atoms with Crippen molar-refractivity contribution in [3.05, 3.63) is 24.3 Å². The molecule has 0 saturated carbocycles. The molecule has 0 radical (unpaired) electrons. The first-order valence-corrected chi connectivity index (χ1v) is 5.04. The molecular formula is C11H15NO5. The number of hydrogen-bond acceptors (Lipinski definition) is 6. The standard InChI is InChI=1S/C11H15NO5/c12-8-2-1-3-10(4-8)16-7-11(15)17-6-9(14)5-13/h1-4,9,13-14H,5-7,12H2. The average Bonchev–Trinajstić information content (AvgIpc) is 2.33. The summed E-state index contributed by atoms with van der Waals surface area (Å²) in [7, 11) is 0. The van der Waals surface area contributed by atoms with Crippen LogP contribution in [0.25, 0.3) is 0 Å². The summed E-state index contributed by atoms with van der Waals surface area (Å²) in [6.07, 6.45) is -1.06. The number of carbonyl (C=O) groups excluding carboxylic acids is 1. The molecule has 17 heavy (non-hydrogen) atoms. The molecule has 0 amide bonds. The van der Waals surface area contributed by atoms with Crippen molar-refractivity contribution in [2.24, 2.45) is 0 Å². The number of anilines is 1. The lowest BCUT2D eigenvalue weighted by Gasteiger charge is -2.09. The molecule has 0 aliphatic carbocycles. The quantitative estimate of drug-likeness (QED) is 0.460. The van der Waals surface area contributed by atoms with Crippen molar-refractivity contribution in [1.29, 1.82) is 0 Å². The number of nitrogens with two attached hydrogens (primary N) is 1. The summed E-state index contributed by atoms with van der Waals surface area (Å²) in [6, 6.07) is 6.64. The van der Waals surface area contributed by atoms with Gasteiger partial charge in [0.15, 0.2) is 6.61 Å². The third kappa shape index (κ3) is 5.19. The van der Waals surface area contributed by atoms with Gasteiger partial charge in [-0.3, -0.25) is 0 Å². The van der Waals surface area contributed by atoms with Crippen molar-refractivity contribution in [1.82, 2.24) is 0 Å². The van der Waals surface area contributed by atoms with Gasteiger partial charge in [-0.05, 0) is 12.1 Å². The second-order valence-electron chi connectivity index (χ2n) is 3.38. The summed E-state index contributed by atoms with van der Waals surface area (Å²) in [4.78, 5) is 11.2. The van der Waals surface area contributed by atoms with Crippen LogP contribution in [0.3, 0.4) is 0 Å². The van der Waals surface area contributed by atoms with Gasteiger partial charge in [-0.1, -0.05) is 6.07 Å². The van der Waals surface area contributed by atoms with Gasteiger partial charge in [-0.25, -0.2) is 4.79 Å². The molecule has 0 spiro atoms. The predicted molar refractivity (Wildman–Crippen MR) is 60.4 cm³/mol. The van der Waals surface area contributed by atoms with Crippen LogP contribution in [0.4, 0.5) is 5.69 Å². The van der Waals surface area contributed by atoms with Crippen LogP contribution >= 0.6 is 0 Å². The first-order chi connectivity index (χ1) is 8.11. The molecule has 1 aromatic rings. The van der Waals surface area contributed by atoms with Crippen LogP contribution in [-0.4, -0.2) is 42.1 Å². The molecule has 4 N–H and O–H groups in total. The summed E-state index contributed by atoms with van der Waals surface area (Å²) in [6.45, 7) is -0.986. The molecule has 1 aromatic carbocycles. The van der Waals surface area contributed by atoms with Gasteiger partial charge in [0, 0.05) is 11.8 Å². The van der Waals surface area contributed by atoms with Crippen LogP contribution in [0.5, 0.6) is 5.75 Å². The molecule has 0 aliphatic heterocycles. The Balaban J connectivity index is 2.28. The molecule has 0 aromatic heterocycles. The summed E-state index contributed by atoms with van der Waals surface area (Å²) < 4.78 is 9.76. The Bertz CT molecular complexity index is 369. The Kier molecular flexibility index (Phi) is 5.25. The highest BCUT2D eigenvalue weighted by Crippen LogP contribution is 2.14. The first kappa shape index (κ1) is 13.3. The van der Waals surface area contributed by atoms with E-state index in [9.17, 15) is 4.79 Å². The number of aliphatic hydroxyl groups is 2. The molecule has 1 rings (SSSR count). The van der Waals surface area contributed by atoms with E-state index >= 15 is 0 Å². The van der Waals surface area contributed by atoms with Gasteiger partial charge in [0.05, 0.1) is 6.61 Å². The number of ether oxygens (including phenoxy) is 2. The number of benzene rings is 1. The highest BCUT2D eigenvalue weighted by molar-refractivity contribution is 5.71. The summed E-state index contributed by atoms with van der Waals surface area (Å²) in [5.74, 6) is -0.162. The van der Waals surface area contributed by atoms with Crippen molar-refractivity contribution in [2.75, 3.05) is 25.6 Å². The minimum Gasteiger partial charge on any atom is -0.482 e. The fraction of sp³-hybridized carbons (Fsp3) is 0.364. The van der Waals surface area contributed by atoms with E-state index in [4.69, 9.17) is 20.7 Å². The fourth-order valence-corrected chi connectivity index (χ4v) is 1.03. The van der Waals surface area contributed by atoms with Gasteiger partial charge in [0.25, 0.3) is 0 Å². The van der Waals surface area contributed by atoms with E-state index in [0.29, 0.717) is 11.4 Å². The van der Waals surface area contributed by atoms with Gasteiger partial charge in [0.2, 0.25) is 0 Å². The Hall–Kier alpha value is -1.79. The van der Waals surface area contributed by atoms with Crippen molar-refractivity contribution in [2.45, 2.75) is 6.10 Å². The number of carbonyl (C=O) groups is 1. The fourth-order valence-electron chi connectivity index (χ4n) is 1.03. The zero-order valence-electron chi connectivity index (χ0n) is 9.20. The molecule has 0 fully saturated rings. The van der Waals surface area contributed by atoms with Crippen molar-refractivity contribution in [3.63, 3.8) is 0 Å². The Morgan fingerprint density at radius 1 is 1.47 bits per heavy atom. The predicted octanol–water partition coefficient (Wildman–Crippen LogP) is -0.456. The van der Waals surface area contributed by atoms with Gasteiger partial charge < -0.3 is 25.4 Å². The lowest BCUT2D eigenvalue weighted by Crippen LogP contribution is -2.24. The largest absolute Gasteiger partial charge is 0.482 e. The van der Waals surface area contributed by atoms with Gasteiger partial charge in [-0.2, -0.15) is 0 Å². The first-order valence-electron chi connectivity index (χ1n) is 5.04. The Morgan fingerprint density at radius 3 is 2.88 bits per heavy atom. The Morgan fingerprint density at radius 2 is 2.24 bits per heavy atom. The molecule has 94 valence electrons. The molecule has 0 bridgehead atoms. The third-order valence-electron chi connectivity index (χ3n) is 1.86. The Labute approximate surface area is 98.6 Å². The zero-order chi connectivity index (χ0) is 12.7. The lowest BCUT2D eigenvalue weighted by atomic mass is 10.3. The molecule has 0 heterocycles. The molecular weight excluding hydrogens is 226 g/mol. The molecule has 0 saturated heterocycles. The van der Waals surface area contributed by atoms with E-state index in [0.717, 1.165) is 0 Å². The number of nitrogen functional groups attached to an aromatic ring is 1. The van der Waals surface area contributed by atoms with Crippen LogP contribution in [0.15, 0.2) is 24.3 Å². The van der Waals surface area contributed by atoms with E-state index in [2.05, 4.69) is 4.74 Å². The smallest absolute Gasteiger partial charge is 0.344 e. The topological polar surface area (TPSA) is 102 Å². The summed E-state index contributed by atoms with van der Waals surface area (Å²) in [5, 5.41) is 17.4. The monoisotopic (exact) mass is 241 g/mol. The van der Waals surface area contributed by atoms with Crippen molar-refractivity contribution >= 4 is 11.7 Å². The molecule has 1 atom stereocenters. The highest BCUT2D eigenvalue weighted by Gasteiger charge is 2.08. The molecule has 1 unspecified atom stereocenters. The van der Waals surface area contributed by atoms with E-state index in [-0.39, 0.29) is 13.2 Å². The average molecular weight is 241 g/mol. The minimum absolute atomic E-state index is 0.254. The van der Waals surface area contributed by atoms with Crippen molar-refractivity contribution < 1.29 is 24.5 Å². The molecule has 6 nitrogen and oxygen atoms in total. The third-order valence-corrected chi connectivity index (χ3v) is 1.86. The maximum atomic E-state index is 11.2. The maximum Gasteiger partial charge on any atom is 0.344 e. The number of hydrogen-bond donors (Lipinski definition) is 3. The second kappa shape index (κ2) is 6.72. The molecule has 6 heteroatoms. The van der Waals surface area contributed by atoms with E-state index in [1.54, 1.807) is 24.3 Å².